The van der Waals surface area contributed by atoms with Crippen molar-refractivity contribution in [1.82, 2.24) is 10.6 Å². The number of furan rings is 1. The van der Waals surface area contributed by atoms with Crippen LogP contribution in [0.5, 0.6) is 0 Å². The van der Waals surface area contributed by atoms with Crippen molar-refractivity contribution in [1.29, 1.82) is 0 Å². The Morgan fingerprint density at radius 1 is 1.36 bits per heavy atom. The molecule has 0 aliphatic carbocycles. The summed E-state index contributed by atoms with van der Waals surface area (Å²) in [5.74, 6) is -0.468. The standard InChI is InChI=1S/C16H19ClN2O3/c1-4-8-18-15(20)10(3)19-16(21)13-9(2)11-6-5-7-12(17)14(11)22-13/h5-7,10H,4,8H2,1-3H3,(H,18,20)(H,19,21)/t10-/m0/s1. The molecule has 118 valence electrons. The van der Waals surface area contributed by atoms with Gasteiger partial charge in [0.05, 0.1) is 5.02 Å². The topological polar surface area (TPSA) is 71.3 Å². The number of benzene rings is 1. The number of rotatable bonds is 5. The molecular weight excluding hydrogens is 304 g/mol. The first-order valence-electron chi connectivity index (χ1n) is 7.21. The number of carbonyl (C=O) groups excluding carboxylic acids is 2. The third-order valence-corrected chi connectivity index (χ3v) is 3.71. The fraction of sp³-hybridized carbons (Fsp3) is 0.375. The zero-order chi connectivity index (χ0) is 16.3. The van der Waals surface area contributed by atoms with Crippen LogP contribution in [0, 0.1) is 6.92 Å². The quantitative estimate of drug-likeness (QED) is 0.888. The molecule has 6 heteroatoms. The van der Waals surface area contributed by atoms with Gasteiger partial charge in [0.2, 0.25) is 5.91 Å². The Bertz CT molecular complexity index is 709. The largest absolute Gasteiger partial charge is 0.449 e. The van der Waals surface area contributed by atoms with Crippen molar-refractivity contribution in [2.45, 2.75) is 33.2 Å². The van der Waals surface area contributed by atoms with Crippen LogP contribution in [0.3, 0.4) is 0 Å². The van der Waals surface area contributed by atoms with Gasteiger partial charge in [-0.2, -0.15) is 0 Å². The number of aryl methyl sites for hydroxylation is 1. The molecule has 1 aromatic heterocycles. The zero-order valence-corrected chi connectivity index (χ0v) is 13.6. The Kier molecular flexibility index (Phi) is 5.08. The SMILES string of the molecule is CCCNC(=O)[C@H](C)NC(=O)c1oc2c(Cl)cccc2c1C. The van der Waals surface area contributed by atoms with Gasteiger partial charge in [0.1, 0.15) is 6.04 Å². The van der Waals surface area contributed by atoms with Crippen molar-refractivity contribution in [3.05, 3.63) is 34.5 Å². The van der Waals surface area contributed by atoms with E-state index in [-0.39, 0.29) is 11.7 Å². The minimum absolute atomic E-state index is 0.179. The monoisotopic (exact) mass is 322 g/mol. The Balaban J connectivity index is 2.18. The van der Waals surface area contributed by atoms with Crippen molar-refractivity contribution in [2.75, 3.05) is 6.54 Å². The van der Waals surface area contributed by atoms with Gasteiger partial charge in [-0.1, -0.05) is 30.7 Å². The highest BCUT2D eigenvalue weighted by atomic mass is 35.5. The summed E-state index contributed by atoms with van der Waals surface area (Å²) in [5, 5.41) is 6.62. The molecule has 1 aromatic carbocycles. The molecule has 2 aromatic rings. The van der Waals surface area contributed by atoms with Crippen molar-refractivity contribution < 1.29 is 14.0 Å². The number of para-hydroxylation sites is 1. The van der Waals surface area contributed by atoms with Crippen LogP contribution in [-0.4, -0.2) is 24.4 Å². The van der Waals surface area contributed by atoms with Crippen molar-refractivity contribution in [3.8, 4) is 0 Å². The molecule has 5 nitrogen and oxygen atoms in total. The number of carbonyl (C=O) groups is 2. The van der Waals surface area contributed by atoms with Crippen LogP contribution >= 0.6 is 11.6 Å². The van der Waals surface area contributed by atoms with Gasteiger partial charge in [0, 0.05) is 17.5 Å². The van der Waals surface area contributed by atoms with E-state index >= 15 is 0 Å². The second kappa shape index (κ2) is 6.83. The number of halogens is 1. The van der Waals surface area contributed by atoms with Gasteiger partial charge >= 0.3 is 0 Å². The lowest BCUT2D eigenvalue weighted by atomic mass is 10.1. The Hall–Kier alpha value is -2.01. The lowest BCUT2D eigenvalue weighted by Crippen LogP contribution is -2.45. The Morgan fingerprint density at radius 2 is 2.09 bits per heavy atom. The van der Waals surface area contributed by atoms with Gasteiger partial charge in [0.15, 0.2) is 11.3 Å². The second-order valence-corrected chi connectivity index (χ2v) is 5.57. The number of amides is 2. The maximum Gasteiger partial charge on any atom is 0.287 e. The highest BCUT2D eigenvalue weighted by Gasteiger charge is 2.22. The molecule has 0 fully saturated rings. The molecule has 0 saturated heterocycles. The van der Waals surface area contributed by atoms with Crippen LogP contribution in [0.25, 0.3) is 11.0 Å². The van der Waals surface area contributed by atoms with Crippen LogP contribution < -0.4 is 10.6 Å². The second-order valence-electron chi connectivity index (χ2n) is 5.16. The van der Waals surface area contributed by atoms with E-state index in [0.717, 1.165) is 11.8 Å². The summed E-state index contributed by atoms with van der Waals surface area (Å²) in [6.45, 7) is 5.97. The molecule has 1 atom stereocenters. The van der Waals surface area contributed by atoms with E-state index in [4.69, 9.17) is 16.0 Å². The highest BCUT2D eigenvalue weighted by Crippen LogP contribution is 2.30. The Labute approximate surface area is 134 Å². The number of fused-ring (bicyclic) bond motifs is 1. The smallest absolute Gasteiger partial charge is 0.287 e. The lowest BCUT2D eigenvalue weighted by molar-refractivity contribution is -0.122. The summed E-state index contributed by atoms with van der Waals surface area (Å²) in [5.41, 5.74) is 1.19. The first-order chi connectivity index (χ1) is 10.5. The van der Waals surface area contributed by atoms with E-state index in [1.165, 1.54) is 0 Å². The third-order valence-electron chi connectivity index (χ3n) is 3.41. The predicted molar refractivity (Wildman–Crippen MR) is 86.2 cm³/mol. The molecule has 0 aliphatic rings. The number of nitrogens with one attached hydrogen (secondary N) is 2. The van der Waals surface area contributed by atoms with Crippen molar-refractivity contribution in [2.24, 2.45) is 0 Å². The van der Waals surface area contributed by atoms with Gasteiger partial charge in [-0.05, 0) is 26.3 Å². The molecule has 1 heterocycles. The summed E-state index contributed by atoms with van der Waals surface area (Å²) >= 11 is 6.07. The van der Waals surface area contributed by atoms with E-state index in [2.05, 4.69) is 10.6 Å². The minimum atomic E-state index is -0.637. The van der Waals surface area contributed by atoms with Crippen LogP contribution in [0.15, 0.2) is 22.6 Å². The molecule has 0 unspecified atom stereocenters. The van der Waals surface area contributed by atoms with Gasteiger partial charge < -0.3 is 15.1 Å². The van der Waals surface area contributed by atoms with E-state index in [1.807, 2.05) is 13.0 Å². The van der Waals surface area contributed by atoms with Crippen LogP contribution in [0.4, 0.5) is 0 Å². The molecule has 0 saturated carbocycles. The molecule has 2 N–H and O–H groups in total. The average Bonchev–Trinajstić information content (AvgIpc) is 2.83. The summed E-state index contributed by atoms with van der Waals surface area (Å²) in [6, 6.07) is 4.71. The van der Waals surface area contributed by atoms with E-state index in [9.17, 15) is 9.59 Å². The number of hydrogen-bond donors (Lipinski definition) is 2. The number of hydrogen-bond acceptors (Lipinski definition) is 3. The average molecular weight is 323 g/mol. The maximum atomic E-state index is 12.3. The van der Waals surface area contributed by atoms with Crippen LogP contribution in [-0.2, 0) is 4.79 Å². The van der Waals surface area contributed by atoms with Crippen LogP contribution in [0.2, 0.25) is 5.02 Å². The molecule has 2 rings (SSSR count). The van der Waals surface area contributed by atoms with Crippen molar-refractivity contribution >= 4 is 34.4 Å². The van der Waals surface area contributed by atoms with E-state index in [1.54, 1.807) is 26.0 Å². The Morgan fingerprint density at radius 3 is 2.73 bits per heavy atom. The fourth-order valence-corrected chi connectivity index (χ4v) is 2.37. The molecule has 0 aliphatic heterocycles. The minimum Gasteiger partial charge on any atom is -0.449 e. The van der Waals surface area contributed by atoms with E-state index in [0.29, 0.717) is 22.7 Å². The van der Waals surface area contributed by atoms with E-state index < -0.39 is 11.9 Å². The fourth-order valence-electron chi connectivity index (χ4n) is 2.15. The zero-order valence-electron chi connectivity index (χ0n) is 12.8. The molecule has 22 heavy (non-hydrogen) atoms. The molecule has 2 amide bonds. The predicted octanol–water partition coefficient (Wildman–Crippen LogP) is 3.04. The molecule has 0 bridgehead atoms. The van der Waals surface area contributed by atoms with Crippen LogP contribution in [0.1, 0.15) is 36.4 Å². The summed E-state index contributed by atoms with van der Waals surface area (Å²) < 4.78 is 5.58. The summed E-state index contributed by atoms with van der Waals surface area (Å²) in [7, 11) is 0. The van der Waals surface area contributed by atoms with Gasteiger partial charge in [-0.25, -0.2) is 0 Å². The third kappa shape index (κ3) is 3.25. The first-order valence-corrected chi connectivity index (χ1v) is 7.59. The molecular formula is C16H19ClN2O3. The molecule has 0 spiro atoms. The summed E-state index contributed by atoms with van der Waals surface area (Å²) in [6.07, 6.45) is 0.841. The molecule has 0 radical (unpaired) electrons. The lowest BCUT2D eigenvalue weighted by Gasteiger charge is -2.13. The summed E-state index contributed by atoms with van der Waals surface area (Å²) in [4.78, 5) is 24.1. The van der Waals surface area contributed by atoms with Gasteiger partial charge in [-0.3, -0.25) is 9.59 Å². The normalized spacial score (nSPS) is 12.2. The highest BCUT2D eigenvalue weighted by molar-refractivity contribution is 6.35. The first kappa shape index (κ1) is 16.4. The van der Waals surface area contributed by atoms with Gasteiger partial charge in [0.25, 0.3) is 5.91 Å². The van der Waals surface area contributed by atoms with Crippen molar-refractivity contribution in [3.63, 3.8) is 0 Å². The van der Waals surface area contributed by atoms with Gasteiger partial charge in [-0.15, -0.1) is 0 Å². The maximum absolute atomic E-state index is 12.3.